The highest BCUT2D eigenvalue weighted by Gasteiger charge is 2.43. The molecule has 1 aliphatic heterocycles. The summed E-state index contributed by atoms with van der Waals surface area (Å²) in [6.45, 7) is 8.04. The highest BCUT2D eigenvalue weighted by molar-refractivity contribution is 5.52. The summed E-state index contributed by atoms with van der Waals surface area (Å²) in [4.78, 5) is 2.12. The number of hydrogen-bond donors (Lipinski definition) is 1. The van der Waals surface area contributed by atoms with Crippen LogP contribution < -0.4 is 0 Å². The number of hydrogen-bond acceptors (Lipinski definition) is 5. The Bertz CT molecular complexity index is 613. The molecule has 0 aliphatic carbocycles. The van der Waals surface area contributed by atoms with Crippen molar-refractivity contribution >= 4 is 0 Å². The standard InChI is InChI=1S/C16H21N3O2/c1-11(2)16(20)9-19(10-16)8-14-17-18-15(21-14)13-6-4-12(3)5-7-13/h4-7,11,20H,8-10H2,1-3H3. The Kier molecular flexibility index (Phi) is 3.55. The maximum absolute atomic E-state index is 10.2. The van der Waals surface area contributed by atoms with Crippen molar-refractivity contribution in [3.8, 4) is 11.5 Å². The zero-order valence-electron chi connectivity index (χ0n) is 12.7. The molecule has 5 heteroatoms. The predicted octanol–water partition coefficient (Wildman–Crippen LogP) is 2.25. The Morgan fingerprint density at radius 3 is 2.52 bits per heavy atom. The second kappa shape index (κ2) is 5.24. The Balaban J connectivity index is 1.63. The molecule has 0 spiro atoms. The molecule has 1 fully saturated rings. The van der Waals surface area contributed by atoms with Crippen LogP contribution in [-0.4, -0.2) is 38.9 Å². The first-order valence-corrected chi connectivity index (χ1v) is 7.30. The molecule has 21 heavy (non-hydrogen) atoms. The van der Waals surface area contributed by atoms with Gasteiger partial charge in [0.2, 0.25) is 11.8 Å². The second-order valence-electron chi connectivity index (χ2n) is 6.27. The molecule has 0 radical (unpaired) electrons. The maximum atomic E-state index is 10.2. The summed E-state index contributed by atoms with van der Waals surface area (Å²) in [7, 11) is 0. The summed E-state index contributed by atoms with van der Waals surface area (Å²) < 4.78 is 5.70. The van der Waals surface area contributed by atoms with Gasteiger partial charge in [-0.15, -0.1) is 10.2 Å². The zero-order valence-corrected chi connectivity index (χ0v) is 12.7. The minimum Gasteiger partial charge on any atom is -0.419 e. The number of β-amino-alcohol motifs (C(OH)–C–C–N with tert-alkyl or cyclic N) is 1. The van der Waals surface area contributed by atoms with Crippen LogP contribution in [0.15, 0.2) is 28.7 Å². The highest BCUT2D eigenvalue weighted by Crippen LogP contribution is 2.30. The normalized spacial score (nSPS) is 18.0. The van der Waals surface area contributed by atoms with Gasteiger partial charge in [-0.05, 0) is 25.0 Å². The summed E-state index contributed by atoms with van der Waals surface area (Å²) in [5.74, 6) is 1.40. The molecule has 1 saturated heterocycles. The molecule has 0 bridgehead atoms. The van der Waals surface area contributed by atoms with Gasteiger partial charge in [0, 0.05) is 18.7 Å². The van der Waals surface area contributed by atoms with Crippen LogP contribution in [0.25, 0.3) is 11.5 Å². The molecule has 1 aliphatic rings. The lowest BCUT2D eigenvalue weighted by Gasteiger charge is -2.48. The first-order chi connectivity index (χ1) is 9.96. The third kappa shape index (κ3) is 2.84. The van der Waals surface area contributed by atoms with E-state index in [1.165, 1.54) is 5.56 Å². The molecule has 0 unspecified atom stereocenters. The van der Waals surface area contributed by atoms with Crippen LogP contribution in [0, 0.1) is 12.8 Å². The summed E-state index contributed by atoms with van der Waals surface area (Å²) in [5.41, 5.74) is 1.56. The van der Waals surface area contributed by atoms with Crippen LogP contribution in [0.5, 0.6) is 0 Å². The van der Waals surface area contributed by atoms with Crippen LogP contribution >= 0.6 is 0 Å². The number of aryl methyl sites for hydroxylation is 1. The average molecular weight is 287 g/mol. The lowest BCUT2D eigenvalue weighted by atomic mass is 9.83. The minimum absolute atomic E-state index is 0.263. The smallest absolute Gasteiger partial charge is 0.247 e. The number of aromatic nitrogens is 2. The van der Waals surface area contributed by atoms with Crippen molar-refractivity contribution in [2.24, 2.45) is 5.92 Å². The fourth-order valence-corrected chi connectivity index (χ4v) is 2.53. The van der Waals surface area contributed by atoms with E-state index < -0.39 is 5.60 Å². The van der Waals surface area contributed by atoms with E-state index in [1.54, 1.807) is 0 Å². The van der Waals surface area contributed by atoms with E-state index >= 15 is 0 Å². The Labute approximate surface area is 124 Å². The maximum Gasteiger partial charge on any atom is 0.247 e. The van der Waals surface area contributed by atoms with Gasteiger partial charge in [0.05, 0.1) is 12.1 Å². The van der Waals surface area contributed by atoms with E-state index in [0.29, 0.717) is 31.4 Å². The monoisotopic (exact) mass is 287 g/mol. The second-order valence-corrected chi connectivity index (χ2v) is 6.27. The van der Waals surface area contributed by atoms with E-state index in [0.717, 1.165) is 5.56 Å². The van der Waals surface area contributed by atoms with Crippen LogP contribution in [-0.2, 0) is 6.54 Å². The summed E-state index contributed by atoms with van der Waals surface area (Å²) in [6.07, 6.45) is 0. The lowest BCUT2D eigenvalue weighted by Crippen LogP contribution is -2.63. The third-order valence-corrected chi connectivity index (χ3v) is 4.19. The molecule has 0 amide bonds. The predicted molar refractivity (Wildman–Crippen MR) is 79.5 cm³/mol. The van der Waals surface area contributed by atoms with E-state index in [1.807, 2.05) is 45.0 Å². The van der Waals surface area contributed by atoms with Gasteiger partial charge in [-0.2, -0.15) is 0 Å². The van der Waals surface area contributed by atoms with Crippen LogP contribution in [0.4, 0.5) is 0 Å². The van der Waals surface area contributed by atoms with Gasteiger partial charge in [-0.25, -0.2) is 0 Å². The molecule has 1 aromatic carbocycles. The molecule has 0 atom stereocenters. The van der Waals surface area contributed by atoms with E-state index in [-0.39, 0.29) is 5.92 Å². The average Bonchev–Trinajstić information content (AvgIpc) is 2.86. The highest BCUT2D eigenvalue weighted by atomic mass is 16.4. The number of benzene rings is 1. The topological polar surface area (TPSA) is 62.4 Å². The summed E-state index contributed by atoms with van der Waals surface area (Å²) >= 11 is 0. The zero-order chi connectivity index (χ0) is 15.0. The van der Waals surface area contributed by atoms with Crippen molar-refractivity contribution in [3.05, 3.63) is 35.7 Å². The molecule has 1 N–H and O–H groups in total. The van der Waals surface area contributed by atoms with Crippen molar-refractivity contribution in [3.63, 3.8) is 0 Å². The van der Waals surface area contributed by atoms with Gasteiger partial charge >= 0.3 is 0 Å². The quantitative estimate of drug-likeness (QED) is 0.934. The van der Waals surface area contributed by atoms with E-state index in [2.05, 4.69) is 15.1 Å². The van der Waals surface area contributed by atoms with Crippen molar-refractivity contribution in [2.75, 3.05) is 13.1 Å². The number of likely N-dealkylation sites (tertiary alicyclic amines) is 1. The summed E-state index contributed by atoms with van der Waals surface area (Å²) in [6, 6.07) is 8.01. The van der Waals surface area contributed by atoms with Crippen LogP contribution in [0.3, 0.4) is 0 Å². The number of nitrogens with zero attached hydrogens (tertiary/aromatic N) is 3. The van der Waals surface area contributed by atoms with E-state index in [9.17, 15) is 5.11 Å². The summed E-state index contributed by atoms with van der Waals surface area (Å²) in [5, 5.41) is 18.4. The molecule has 0 saturated carbocycles. The molecular formula is C16H21N3O2. The van der Waals surface area contributed by atoms with Crippen molar-refractivity contribution < 1.29 is 9.52 Å². The Hall–Kier alpha value is -1.72. The van der Waals surface area contributed by atoms with Crippen molar-refractivity contribution in [2.45, 2.75) is 32.9 Å². The van der Waals surface area contributed by atoms with Crippen molar-refractivity contribution in [1.82, 2.24) is 15.1 Å². The van der Waals surface area contributed by atoms with Crippen molar-refractivity contribution in [1.29, 1.82) is 0 Å². The Morgan fingerprint density at radius 1 is 1.24 bits per heavy atom. The SMILES string of the molecule is Cc1ccc(-c2nnc(CN3CC(O)(C(C)C)C3)o2)cc1. The molecule has 3 rings (SSSR count). The number of aliphatic hydroxyl groups is 1. The molecule has 2 heterocycles. The van der Waals surface area contributed by atoms with E-state index in [4.69, 9.17) is 4.42 Å². The Morgan fingerprint density at radius 2 is 1.90 bits per heavy atom. The molecule has 5 nitrogen and oxygen atoms in total. The molecular weight excluding hydrogens is 266 g/mol. The molecule has 112 valence electrons. The van der Waals surface area contributed by atoms with Gasteiger partial charge in [0.25, 0.3) is 0 Å². The van der Waals surface area contributed by atoms with Crippen LogP contribution in [0.1, 0.15) is 25.3 Å². The van der Waals surface area contributed by atoms with Gasteiger partial charge in [0.1, 0.15) is 0 Å². The molecule has 1 aromatic heterocycles. The fraction of sp³-hybridized carbons (Fsp3) is 0.500. The third-order valence-electron chi connectivity index (χ3n) is 4.19. The first-order valence-electron chi connectivity index (χ1n) is 7.30. The minimum atomic E-state index is -0.570. The lowest BCUT2D eigenvalue weighted by molar-refractivity contribution is -0.132. The number of rotatable bonds is 4. The van der Waals surface area contributed by atoms with Gasteiger partial charge < -0.3 is 9.52 Å². The van der Waals surface area contributed by atoms with Crippen LogP contribution in [0.2, 0.25) is 0 Å². The van der Waals surface area contributed by atoms with Gasteiger partial charge in [-0.3, -0.25) is 4.90 Å². The molecule has 2 aromatic rings. The first kappa shape index (κ1) is 14.2. The van der Waals surface area contributed by atoms with Gasteiger partial charge in [-0.1, -0.05) is 31.5 Å². The van der Waals surface area contributed by atoms with Gasteiger partial charge in [0.15, 0.2) is 0 Å². The largest absolute Gasteiger partial charge is 0.419 e. The fourth-order valence-electron chi connectivity index (χ4n) is 2.53.